The summed E-state index contributed by atoms with van der Waals surface area (Å²) < 4.78 is 17.2. The van der Waals surface area contributed by atoms with Crippen molar-refractivity contribution in [3.8, 4) is 0 Å². The molecule has 0 amide bonds. The van der Waals surface area contributed by atoms with Gasteiger partial charge in [0, 0.05) is 18.2 Å². The minimum Gasteiger partial charge on any atom is -0.458 e. The molecule has 2 N–H and O–H groups in total. The van der Waals surface area contributed by atoms with E-state index in [2.05, 4.69) is 5.32 Å². The van der Waals surface area contributed by atoms with Gasteiger partial charge in [0.15, 0.2) is 11.2 Å². The summed E-state index contributed by atoms with van der Waals surface area (Å²) in [4.78, 5) is 12.5. The highest BCUT2D eigenvalue weighted by molar-refractivity contribution is 5.93. The van der Waals surface area contributed by atoms with Crippen LogP contribution in [-0.4, -0.2) is 12.1 Å². The van der Waals surface area contributed by atoms with Crippen molar-refractivity contribution in [3.63, 3.8) is 0 Å². The number of amidine groups is 1. The van der Waals surface area contributed by atoms with Gasteiger partial charge in [-0.25, -0.2) is 0 Å². The molecule has 2 aromatic carbocycles. The van der Waals surface area contributed by atoms with Crippen molar-refractivity contribution in [1.29, 1.82) is 5.41 Å². The lowest BCUT2D eigenvalue weighted by molar-refractivity contribution is -0.0144. The number of anilines is 1. The van der Waals surface area contributed by atoms with Crippen molar-refractivity contribution in [2.24, 2.45) is 0 Å². The second kappa shape index (κ2) is 8.19. The maximum Gasteiger partial charge on any atom is 0.244 e. The average Bonchev–Trinajstić information content (AvgIpc) is 3.11. The fourth-order valence-corrected chi connectivity index (χ4v) is 2.92. The van der Waals surface area contributed by atoms with Crippen molar-refractivity contribution in [3.05, 3.63) is 82.4 Å². The van der Waals surface area contributed by atoms with Gasteiger partial charge in [0.2, 0.25) is 12.0 Å². The normalized spacial score (nSPS) is 15.2. The smallest absolute Gasteiger partial charge is 0.244 e. The van der Waals surface area contributed by atoms with Crippen LogP contribution in [0, 0.1) is 5.41 Å². The Morgan fingerprint density at radius 1 is 1.14 bits per heavy atom. The molecule has 28 heavy (non-hydrogen) atoms. The fourth-order valence-electron chi connectivity index (χ4n) is 2.92. The summed E-state index contributed by atoms with van der Waals surface area (Å²) in [5.74, 6) is 1.01. The van der Waals surface area contributed by atoms with Gasteiger partial charge in [-0.1, -0.05) is 30.3 Å². The molecule has 0 saturated heterocycles. The monoisotopic (exact) mass is 398 g/mol. The number of hydrogen-bond donors (Lipinski definition) is 2. The number of benzene rings is 2. The van der Waals surface area contributed by atoms with E-state index in [0.29, 0.717) is 40.4 Å². The second-order valence-corrected chi connectivity index (χ2v) is 6.29. The Morgan fingerprint density at radius 3 is 2.68 bits per heavy atom. The Balaban J connectivity index is 0.00000225. The molecule has 1 aromatic heterocycles. The van der Waals surface area contributed by atoms with Gasteiger partial charge in [0.25, 0.3) is 0 Å². The summed E-state index contributed by atoms with van der Waals surface area (Å²) in [5, 5.41) is 10.8. The first kappa shape index (κ1) is 19.5. The molecule has 3 aromatic rings. The van der Waals surface area contributed by atoms with Gasteiger partial charge >= 0.3 is 0 Å². The number of fused-ring (bicyclic) bond motifs is 1. The minimum absolute atomic E-state index is 0. The molecule has 1 aliphatic heterocycles. The summed E-state index contributed by atoms with van der Waals surface area (Å²) in [6.07, 6.45) is 1.62. The van der Waals surface area contributed by atoms with Crippen molar-refractivity contribution < 1.29 is 13.9 Å². The molecule has 0 bridgehead atoms. The lowest BCUT2D eigenvalue weighted by Gasteiger charge is -2.12. The van der Waals surface area contributed by atoms with E-state index in [4.69, 9.17) is 19.3 Å². The van der Waals surface area contributed by atoms with E-state index in [1.54, 1.807) is 25.1 Å². The summed E-state index contributed by atoms with van der Waals surface area (Å²) in [6, 6.07) is 16.4. The zero-order valence-electron chi connectivity index (χ0n) is 15.1. The predicted molar refractivity (Wildman–Crippen MR) is 111 cm³/mol. The summed E-state index contributed by atoms with van der Waals surface area (Å²) in [6.45, 7) is 1.63. The van der Waals surface area contributed by atoms with E-state index in [-0.39, 0.29) is 17.8 Å². The van der Waals surface area contributed by atoms with E-state index in [1.165, 1.54) is 12.3 Å². The van der Waals surface area contributed by atoms with Gasteiger partial charge < -0.3 is 19.2 Å². The van der Waals surface area contributed by atoms with Crippen LogP contribution in [0.2, 0.25) is 0 Å². The standard InChI is InChI=1S/C21H18N2O4.ClH/c1-13(22)23-15-7-8-18-16(10-15)17(24)11-19(26-18)20-12-25-21(27-20)9-14-5-3-2-4-6-14;/h2-8,10-12,21H,9H2,1H3,(H2,22,23);1H. The first-order chi connectivity index (χ1) is 13.1. The van der Waals surface area contributed by atoms with Crippen LogP contribution < -0.4 is 10.7 Å². The van der Waals surface area contributed by atoms with Crippen LogP contribution >= 0.6 is 12.4 Å². The Kier molecular flexibility index (Phi) is 5.70. The Hall–Kier alpha value is -3.25. The van der Waals surface area contributed by atoms with E-state index in [0.717, 1.165) is 5.56 Å². The number of halogens is 1. The van der Waals surface area contributed by atoms with Crippen LogP contribution in [0.3, 0.4) is 0 Å². The van der Waals surface area contributed by atoms with Crippen LogP contribution in [0.25, 0.3) is 16.7 Å². The SMILES string of the molecule is CC(=N)Nc1ccc2oc(C3=COC(Cc4ccccc4)O3)cc(=O)c2c1.Cl. The Labute approximate surface area is 167 Å². The van der Waals surface area contributed by atoms with Crippen molar-refractivity contribution in [1.82, 2.24) is 0 Å². The summed E-state index contributed by atoms with van der Waals surface area (Å²) in [7, 11) is 0. The highest BCUT2D eigenvalue weighted by Crippen LogP contribution is 2.28. The van der Waals surface area contributed by atoms with Crippen LogP contribution in [0.1, 0.15) is 18.2 Å². The molecule has 1 unspecified atom stereocenters. The Morgan fingerprint density at radius 2 is 1.93 bits per heavy atom. The zero-order chi connectivity index (χ0) is 18.8. The zero-order valence-corrected chi connectivity index (χ0v) is 15.9. The van der Waals surface area contributed by atoms with Crippen LogP contribution in [0.4, 0.5) is 5.69 Å². The van der Waals surface area contributed by atoms with E-state index < -0.39 is 6.29 Å². The van der Waals surface area contributed by atoms with Gasteiger partial charge in [-0.15, -0.1) is 12.4 Å². The number of rotatable bonds is 4. The molecule has 6 nitrogen and oxygen atoms in total. The molecule has 1 atom stereocenters. The number of hydrogen-bond acceptors (Lipinski definition) is 5. The number of ether oxygens (including phenoxy) is 2. The van der Waals surface area contributed by atoms with Gasteiger partial charge in [-0.05, 0) is 30.7 Å². The molecular weight excluding hydrogens is 380 g/mol. The van der Waals surface area contributed by atoms with Gasteiger partial charge in [0.05, 0.1) is 11.2 Å². The average molecular weight is 399 g/mol. The first-order valence-electron chi connectivity index (χ1n) is 8.55. The molecule has 0 radical (unpaired) electrons. The molecule has 0 fully saturated rings. The maximum atomic E-state index is 12.5. The van der Waals surface area contributed by atoms with Crippen LogP contribution in [-0.2, 0) is 15.9 Å². The third kappa shape index (κ3) is 4.18. The van der Waals surface area contributed by atoms with Gasteiger partial charge in [-0.2, -0.15) is 0 Å². The van der Waals surface area contributed by atoms with Crippen molar-refractivity contribution in [2.75, 3.05) is 5.32 Å². The van der Waals surface area contributed by atoms with Crippen molar-refractivity contribution >= 4 is 40.7 Å². The van der Waals surface area contributed by atoms with E-state index in [1.807, 2.05) is 30.3 Å². The highest BCUT2D eigenvalue weighted by Gasteiger charge is 2.23. The highest BCUT2D eigenvalue weighted by atomic mass is 35.5. The molecular formula is C21H19ClN2O4. The van der Waals surface area contributed by atoms with Crippen LogP contribution in [0.15, 0.2) is 70.1 Å². The van der Waals surface area contributed by atoms with E-state index >= 15 is 0 Å². The molecule has 4 rings (SSSR count). The second-order valence-electron chi connectivity index (χ2n) is 6.29. The molecule has 144 valence electrons. The predicted octanol–water partition coefficient (Wildman–Crippen LogP) is 4.54. The van der Waals surface area contributed by atoms with Gasteiger partial charge in [0.1, 0.15) is 11.8 Å². The van der Waals surface area contributed by atoms with Gasteiger partial charge in [-0.3, -0.25) is 10.2 Å². The largest absolute Gasteiger partial charge is 0.458 e. The first-order valence-corrected chi connectivity index (χ1v) is 8.55. The minimum atomic E-state index is -0.453. The summed E-state index contributed by atoms with van der Waals surface area (Å²) >= 11 is 0. The lowest BCUT2D eigenvalue weighted by Crippen LogP contribution is -2.12. The lowest BCUT2D eigenvalue weighted by atomic mass is 10.1. The maximum absolute atomic E-state index is 12.5. The van der Waals surface area contributed by atoms with Crippen molar-refractivity contribution in [2.45, 2.75) is 19.6 Å². The molecule has 2 heterocycles. The van der Waals surface area contributed by atoms with Crippen LogP contribution in [0.5, 0.6) is 0 Å². The molecule has 0 spiro atoms. The molecule has 7 heteroatoms. The third-order valence-corrected chi connectivity index (χ3v) is 4.13. The summed E-state index contributed by atoms with van der Waals surface area (Å²) in [5.41, 5.74) is 2.02. The Bertz CT molecular complexity index is 1090. The topological polar surface area (TPSA) is 84.6 Å². The molecule has 0 aliphatic carbocycles. The number of nitrogens with one attached hydrogen (secondary N) is 2. The van der Waals surface area contributed by atoms with E-state index in [9.17, 15) is 4.79 Å². The molecule has 1 aliphatic rings. The quantitative estimate of drug-likeness (QED) is 0.498. The molecule has 0 saturated carbocycles. The third-order valence-electron chi connectivity index (χ3n) is 4.13. The fraction of sp³-hybridized carbons (Fsp3) is 0.143.